The Bertz CT molecular complexity index is 459. The van der Waals surface area contributed by atoms with Crippen LogP contribution in [0.25, 0.3) is 0 Å². The van der Waals surface area contributed by atoms with E-state index in [1.165, 1.54) is 38.5 Å². The molecule has 2 N–H and O–H groups in total. The summed E-state index contributed by atoms with van der Waals surface area (Å²) in [5, 5.41) is 16.3. The van der Waals surface area contributed by atoms with Crippen molar-refractivity contribution < 1.29 is 0 Å². The molecule has 1 fully saturated rings. The van der Waals surface area contributed by atoms with Gasteiger partial charge in [-0.3, -0.25) is 0 Å². The van der Waals surface area contributed by atoms with Crippen molar-refractivity contribution in [2.45, 2.75) is 44.6 Å². The van der Waals surface area contributed by atoms with E-state index in [9.17, 15) is 0 Å². The Morgan fingerprint density at radius 2 is 1.90 bits per heavy atom. The molecule has 1 aliphatic carbocycles. The van der Waals surface area contributed by atoms with E-state index >= 15 is 0 Å². The van der Waals surface area contributed by atoms with Gasteiger partial charge in [0.15, 0.2) is 0 Å². The summed E-state index contributed by atoms with van der Waals surface area (Å²) < 4.78 is 0. The van der Waals surface area contributed by atoms with Gasteiger partial charge in [-0.15, -0.1) is 0 Å². The molecule has 2 rings (SSSR count). The van der Waals surface area contributed by atoms with Crippen LogP contribution in [0.1, 0.15) is 44.1 Å². The van der Waals surface area contributed by atoms with Crippen molar-refractivity contribution in [3.05, 3.63) is 28.8 Å². The van der Waals surface area contributed by atoms with E-state index in [0.717, 1.165) is 18.8 Å². The van der Waals surface area contributed by atoms with Gasteiger partial charge in [-0.25, -0.2) is 0 Å². The number of nitrogens with one attached hydrogen (secondary N) is 2. The summed E-state index contributed by atoms with van der Waals surface area (Å²) in [6.07, 6.45) is 8.11. The molecule has 0 atom stereocenters. The fraction of sp³-hybridized carbons (Fsp3) is 0.562. The summed E-state index contributed by atoms with van der Waals surface area (Å²) in [5.74, 6) is 0. The van der Waals surface area contributed by atoms with E-state index < -0.39 is 0 Å². The van der Waals surface area contributed by atoms with E-state index in [0.29, 0.717) is 16.6 Å². The van der Waals surface area contributed by atoms with Gasteiger partial charge in [0.25, 0.3) is 0 Å². The molecule has 1 aromatic carbocycles. The van der Waals surface area contributed by atoms with Gasteiger partial charge in [0, 0.05) is 24.8 Å². The first-order chi connectivity index (χ1) is 9.79. The van der Waals surface area contributed by atoms with Crippen LogP contribution in [0.5, 0.6) is 0 Å². The van der Waals surface area contributed by atoms with Crippen LogP contribution in [0.4, 0.5) is 5.69 Å². The first-order valence-electron chi connectivity index (χ1n) is 7.46. The Morgan fingerprint density at radius 1 is 1.15 bits per heavy atom. The maximum absolute atomic E-state index is 8.83. The third-order valence-corrected chi connectivity index (χ3v) is 4.14. The first kappa shape index (κ1) is 15.2. The van der Waals surface area contributed by atoms with Crippen molar-refractivity contribution in [1.82, 2.24) is 5.32 Å². The predicted molar refractivity (Wildman–Crippen MR) is 84.1 cm³/mol. The number of rotatable bonds is 5. The minimum Gasteiger partial charge on any atom is -0.384 e. The smallest absolute Gasteiger partial charge is 0.101 e. The number of hydrogen-bond donors (Lipinski definition) is 2. The van der Waals surface area contributed by atoms with Crippen molar-refractivity contribution in [1.29, 1.82) is 5.26 Å². The SMILES string of the molecule is N#Cc1ccc(NCCNC2CCCCCC2)cc1Cl. The van der Waals surface area contributed by atoms with E-state index in [1.54, 1.807) is 6.07 Å². The van der Waals surface area contributed by atoms with E-state index in [2.05, 4.69) is 16.7 Å². The molecule has 0 aromatic heterocycles. The Balaban J connectivity index is 1.70. The van der Waals surface area contributed by atoms with Crippen LogP contribution in [0.15, 0.2) is 18.2 Å². The molecule has 1 aromatic rings. The number of nitrogens with zero attached hydrogens (tertiary/aromatic N) is 1. The molecule has 0 bridgehead atoms. The average molecular weight is 292 g/mol. The second-order valence-corrected chi connectivity index (χ2v) is 5.78. The van der Waals surface area contributed by atoms with Crippen LogP contribution in [-0.2, 0) is 0 Å². The number of nitriles is 1. The van der Waals surface area contributed by atoms with E-state index in [4.69, 9.17) is 16.9 Å². The molecule has 0 aliphatic heterocycles. The van der Waals surface area contributed by atoms with Crippen LogP contribution >= 0.6 is 11.6 Å². The molecule has 3 nitrogen and oxygen atoms in total. The zero-order chi connectivity index (χ0) is 14.2. The summed E-state index contributed by atoms with van der Waals surface area (Å²) in [5.41, 5.74) is 1.49. The van der Waals surface area contributed by atoms with Gasteiger partial charge in [0.05, 0.1) is 10.6 Å². The second kappa shape index (κ2) is 8.14. The first-order valence-corrected chi connectivity index (χ1v) is 7.84. The monoisotopic (exact) mass is 291 g/mol. The van der Waals surface area contributed by atoms with E-state index in [1.807, 2.05) is 12.1 Å². The molecule has 1 saturated carbocycles. The standard InChI is InChI=1S/C16H22ClN3/c17-16-11-15(8-7-13(16)12-18)20-10-9-19-14-5-3-1-2-4-6-14/h7-8,11,14,19-20H,1-6,9-10H2. The molecular weight excluding hydrogens is 270 g/mol. The Labute approximate surface area is 126 Å². The number of halogens is 1. The molecule has 4 heteroatoms. The largest absolute Gasteiger partial charge is 0.384 e. The lowest BCUT2D eigenvalue weighted by atomic mass is 10.1. The molecule has 0 spiro atoms. The lowest BCUT2D eigenvalue weighted by Crippen LogP contribution is -2.32. The third kappa shape index (κ3) is 4.70. The van der Waals surface area contributed by atoms with Gasteiger partial charge in [-0.05, 0) is 31.0 Å². The Kier molecular flexibility index (Phi) is 6.17. The van der Waals surface area contributed by atoms with Crippen LogP contribution in [0.2, 0.25) is 5.02 Å². The highest BCUT2D eigenvalue weighted by Gasteiger charge is 2.10. The molecule has 108 valence electrons. The maximum atomic E-state index is 8.83. The van der Waals surface area contributed by atoms with Crippen molar-refractivity contribution in [2.24, 2.45) is 0 Å². The van der Waals surface area contributed by atoms with Crippen LogP contribution in [0, 0.1) is 11.3 Å². The molecule has 0 heterocycles. The highest BCUT2D eigenvalue weighted by molar-refractivity contribution is 6.32. The third-order valence-electron chi connectivity index (χ3n) is 3.83. The maximum Gasteiger partial charge on any atom is 0.101 e. The second-order valence-electron chi connectivity index (χ2n) is 5.38. The highest BCUT2D eigenvalue weighted by atomic mass is 35.5. The van der Waals surface area contributed by atoms with Crippen molar-refractivity contribution >= 4 is 17.3 Å². The predicted octanol–water partition coefficient (Wildman–Crippen LogP) is 3.94. The molecule has 0 saturated heterocycles. The molecular formula is C16H22ClN3. The molecule has 20 heavy (non-hydrogen) atoms. The number of anilines is 1. The quantitative estimate of drug-likeness (QED) is 0.638. The normalized spacial score (nSPS) is 16.4. The van der Waals surface area contributed by atoms with Gasteiger partial charge in [-0.2, -0.15) is 5.26 Å². The van der Waals surface area contributed by atoms with Gasteiger partial charge in [0.1, 0.15) is 6.07 Å². The van der Waals surface area contributed by atoms with Gasteiger partial charge in [0.2, 0.25) is 0 Å². The van der Waals surface area contributed by atoms with Crippen molar-refractivity contribution in [3.8, 4) is 6.07 Å². The van der Waals surface area contributed by atoms with Gasteiger partial charge < -0.3 is 10.6 Å². The Morgan fingerprint density at radius 3 is 2.55 bits per heavy atom. The fourth-order valence-electron chi connectivity index (χ4n) is 2.68. The zero-order valence-corrected chi connectivity index (χ0v) is 12.5. The zero-order valence-electron chi connectivity index (χ0n) is 11.8. The fourth-order valence-corrected chi connectivity index (χ4v) is 2.91. The van der Waals surface area contributed by atoms with Gasteiger partial charge >= 0.3 is 0 Å². The Hall–Kier alpha value is -1.24. The minimum absolute atomic E-state index is 0.509. The number of benzene rings is 1. The number of hydrogen-bond acceptors (Lipinski definition) is 3. The summed E-state index contributed by atoms with van der Waals surface area (Å²) in [4.78, 5) is 0. The molecule has 0 amide bonds. The molecule has 1 aliphatic rings. The highest BCUT2D eigenvalue weighted by Crippen LogP contribution is 2.20. The lowest BCUT2D eigenvalue weighted by Gasteiger charge is -2.16. The van der Waals surface area contributed by atoms with Crippen LogP contribution in [0.3, 0.4) is 0 Å². The topological polar surface area (TPSA) is 47.9 Å². The van der Waals surface area contributed by atoms with Crippen LogP contribution < -0.4 is 10.6 Å². The van der Waals surface area contributed by atoms with Crippen molar-refractivity contribution in [3.63, 3.8) is 0 Å². The average Bonchev–Trinajstić information content (AvgIpc) is 2.72. The van der Waals surface area contributed by atoms with Gasteiger partial charge in [-0.1, -0.05) is 37.3 Å². The molecule has 0 unspecified atom stereocenters. The lowest BCUT2D eigenvalue weighted by molar-refractivity contribution is 0.468. The van der Waals surface area contributed by atoms with Crippen molar-refractivity contribution in [2.75, 3.05) is 18.4 Å². The molecule has 0 radical (unpaired) electrons. The summed E-state index contributed by atoms with van der Waals surface area (Å²) >= 11 is 6.00. The minimum atomic E-state index is 0.509. The summed E-state index contributed by atoms with van der Waals surface area (Å²) in [6.45, 7) is 1.83. The van der Waals surface area contributed by atoms with Crippen LogP contribution in [-0.4, -0.2) is 19.1 Å². The van der Waals surface area contributed by atoms with E-state index in [-0.39, 0.29) is 0 Å². The summed E-state index contributed by atoms with van der Waals surface area (Å²) in [6, 6.07) is 8.21. The summed E-state index contributed by atoms with van der Waals surface area (Å²) in [7, 11) is 0.